The normalized spacial score (nSPS) is 12.0. The Hall–Kier alpha value is -1.78. The summed E-state index contributed by atoms with van der Waals surface area (Å²) in [7, 11) is 4.91. The molecule has 2 rings (SSSR count). The lowest BCUT2D eigenvalue weighted by Gasteiger charge is -2.21. The quantitative estimate of drug-likeness (QED) is 0.911. The fraction of sp³-hybridized carbons (Fsp3) is 0.250. The van der Waals surface area contributed by atoms with Crippen LogP contribution in [0.1, 0.15) is 17.2 Å². The largest absolute Gasteiger partial charge is 0.497 e. The van der Waals surface area contributed by atoms with Gasteiger partial charge in [0.05, 0.1) is 20.3 Å². The maximum absolute atomic E-state index is 14.1. The third kappa shape index (κ3) is 3.28. The summed E-state index contributed by atoms with van der Waals surface area (Å²) in [6, 6.07) is 9.55. The van der Waals surface area contributed by atoms with E-state index in [-0.39, 0.29) is 11.9 Å². The number of halogens is 2. The van der Waals surface area contributed by atoms with Crippen molar-refractivity contribution in [1.82, 2.24) is 5.32 Å². The number of ether oxygens (including phenoxy) is 2. The minimum absolute atomic E-state index is 0.323. The van der Waals surface area contributed by atoms with Crippen LogP contribution >= 0.6 is 11.6 Å². The molecule has 1 unspecified atom stereocenters. The van der Waals surface area contributed by atoms with Crippen LogP contribution in [0.4, 0.5) is 4.39 Å². The molecular weight excluding hydrogens is 293 g/mol. The highest BCUT2D eigenvalue weighted by Crippen LogP contribution is 2.34. The summed E-state index contributed by atoms with van der Waals surface area (Å²) < 4.78 is 24.7. The van der Waals surface area contributed by atoms with Crippen molar-refractivity contribution < 1.29 is 13.9 Å². The maximum Gasteiger partial charge on any atom is 0.128 e. The molecule has 0 amide bonds. The smallest absolute Gasteiger partial charge is 0.128 e. The van der Waals surface area contributed by atoms with Gasteiger partial charge in [-0.2, -0.15) is 0 Å². The molecular formula is C16H17ClFNO2. The van der Waals surface area contributed by atoms with E-state index >= 15 is 0 Å². The van der Waals surface area contributed by atoms with Crippen LogP contribution in [0.5, 0.6) is 11.5 Å². The highest BCUT2D eigenvalue weighted by Gasteiger charge is 2.20. The Morgan fingerprint density at radius 3 is 2.43 bits per heavy atom. The fourth-order valence-corrected chi connectivity index (χ4v) is 2.45. The van der Waals surface area contributed by atoms with E-state index < -0.39 is 0 Å². The number of methoxy groups -OCH3 is 2. The zero-order chi connectivity index (χ0) is 15.4. The summed E-state index contributed by atoms with van der Waals surface area (Å²) in [6.45, 7) is 0. The van der Waals surface area contributed by atoms with Crippen molar-refractivity contribution in [3.05, 3.63) is 58.4 Å². The first-order valence-electron chi connectivity index (χ1n) is 6.44. The van der Waals surface area contributed by atoms with Gasteiger partial charge in [-0.3, -0.25) is 0 Å². The van der Waals surface area contributed by atoms with Crippen molar-refractivity contribution >= 4 is 11.6 Å². The van der Waals surface area contributed by atoms with Gasteiger partial charge in [-0.15, -0.1) is 0 Å². The SMILES string of the molecule is CNC(c1cc(Cl)ccc1F)c1ccc(OC)cc1OC. The Morgan fingerprint density at radius 2 is 1.81 bits per heavy atom. The summed E-state index contributed by atoms with van der Waals surface area (Å²) in [5.41, 5.74) is 1.27. The van der Waals surface area contributed by atoms with Crippen molar-refractivity contribution in [3.63, 3.8) is 0 Å². The molecule has 0 aliphatic carbocycles. The topological polar surface area (TPSA) is 30.5 Å². The Balaban J connectivity index is 2.53. The second-order valence-corrected chi connectivity index (χ2v) is 4.93. The molecule has 1 N–H and O–H groups in total. The molecule has 2 aromatic rings. The highest BCUT2D eigenvalue weighted by atomic mass is 35.5. The van der Waals surface area contributed by atoms with Gasteiger partial charge in [0.25, 0.3) is 0 Å². The van der Waals surface area contributed by atoms with E-state index in [0.29, 0.717) is 22.1 Å². The van der Waals surface area contributed by atoms with E-state index in [1.54, 1.807) is 33.4 Å². The van der Waals surface area contributed by atoms with Gasteiger partial charge in [0.15, 0.2) is 0 Å². The second-order valence-electron chi connectivity index (χ2n) is 4.50. The molecule has 0 aliphatic rings. The van der Waals surface area contributed by atoms with Gasteiger partial charge in [0.1, 0.15) is 17.3 Å². The van der Waals surface area contributed by atoms with Gasteiger partial charge in [0, 0.05) is 22.2 Å². The van der Waals surface area contributed by atoms with Crippen LogP contribution in [0.25, 0.3) is 0 Å². The Kier molecular flexibility index (Phi) is 5.04. The van der Waals surface area contributed by atoms with Gasteiger partial charge >= 0.3 is 0 Å². The average Bonchev–Trinajstić information content (AvgIpc) is 2.51. The van der Waals surface area contributed by atoms with Crippen LogP contribution in [-0.4, -0.2) is 21.3 Å². The van der Waals surface area contributed by atoms with E-state index in [2.05, 4.69) is 5.32 Å². The van der Waals surface area contributed by atoms with Gasteiger partial charge in [-0.1, -0.05) is 11.6 Å². The zero-order valence-corrected chi connectivity index (χ0v) is 12.9. The predicted octanol–water partition coefficient (Wildman–Crippen LogP) is 3.81. The van der Waals surface area contributed by atoms with E-state index in [1.807, 2.05) is 12.1 Å². The van der Waals surface area contributed by atoms with E-state index in [9.17, 15) is 4.39 Å². The summed E-state index contributed by atoms with van der Waals surface area (Å²) in [6.07, 6.45) is 0. The van der Waals surface area contributed by atoms with Gasteiger partial charge in [-0.05, 0) is 37.4 Å². The molecule has 0 saturated carbocycles. The fourth-order valence-electron chi connectivity index (χ4n) is 2.27. The number of rotatable bonds is 5. The first-order valence-corrected chi connectivity index (χ1v) is 6.82. The number of hydrogen-bond acceptors (Lipinski definition) is 3. The maximum atomic E-state index is 14.1. The monoisotopic (exact) mass is 309 g/mol. The molecule has 0 bridgehead atoms. The average molecular weight is 310 g/mol. The van der Waals surface area contributed by atoms with Crippen LogP contribution in [-0.2, 0) is 0 Å². The van der Waals surface area contributed by atoms with Crippen molar-refractivity contribution in [2.75, 3.05) is 21.3 Å². The van der Waals surface area contributed by atoms with E-state index in [1.165, 1.54) is 12.1 Å². The van der Waals surface area contributed by atoms with Crippen LogP contribution < -0.4 is 14.8 Å². The number of benzene rings is 2. The van der Waals surface area contributed by atoms with E-state index in [4.69, 9.17) is 21.1 Å². The minimum atomic E-state index is -0.371. The van der Waals surface area contributed by atoms with Gasteiger partial charge in [-0.25, -0.2) is 4.39 Å². The summed E-state index contributed by atoms with van der Waals surface area (Å²) >= 11 is 5.98. The number of hydrogen-bond donors (Lipinski definition) is 1. The van der Waals surface area contributed by atoms with Crippen molar-refractivity contribution in [2.24, 2.45) is 0 Å². The Morgan fingerprint density at radius 1 is 1.05 bits per heavy atom. The molecule has 0 spiro atoms. The van der Waals surface area contributed by atoms with Crippen LogP contribution in [0, 0.1) is 5.82 Å². The van der Waals surface area contributed by atoms with Crippen LogP contribution in [0.3, 0.4) is 0 Å². The third-order valence-corrected chi connectivity index (χ3v) is 3.54. The molecule has 21 heavy (non-hydrogen) atoms. The molecule has 5 heteroatoms. The standard InChI is InChI=1S/C16H17ClFNO2/c1-19-16(13-8-10(17)4-7-14(13)18)12-6-5-11(20-2)9-15(12)21-3/h4-9,16,19H,1-3H3. The lowest BCUT2D eigenvalue weighted by atomic mass is 9.97. The van der Waals surface area contributed by atoms with Crippen molar-refractivity contribution in [1.29, 1.82) is 0 Å². The predicted molar refractivity (Wildman–Crippen MR) is 81.9 cm³/mol. The minimum Gasteiger partial charge on any atom is -0.497 e. The second kappa shape index (κ2) is 6.78. The highest BCUT2D eigenvalue weighted by molar-refractivity contribution is 6.30. The van der Waals surface area contributed by atoms with E-state index in [0.717, 1.165) is 5.56 Å². The van der Waals surface area contributed by atoms with Crippen molar-refractivity contribution in [2.45, 2.75) is 6.04 Å². The molecule has 0 fully saturated rings. The molecule has 0 heterocycles. The summed E-state index contributed by atoms with van der Waals surface area (Å²) in [5.74, 6) is 0.974. The lowest BCUT2D eigenvalue weighted by Crippen LogP contribution is -2.19. The summed E-state index contributed by atoms with van der Waals surface area (Å²) in [5, 5.41) is 3.58. The molecule has 1 atom stereocenters. The van der Waals surface area contributed by atoms with Crippen molar-refractivity contribution in [3.8, 4) is 11.5 Å². The van der Waals surface area contributed by atoms with Gasteiger partial charge in [0.2, 0.25) is 0 Å². The summed E-state index contributed by atoms with van der Waals surface area (Å²) in [4.78, 5) is 0. The van der Waals surface area contributed by atoms with Crippen LogP contribution in [0.15, 0.2) is 36.4 Å². The Bertz CT molecular complexity index is 634. The molecule has 3 nitrogen and oxygen atoms in total. The Labute approximate surface area is 128 Å². The van der Waals surface area contributed by atoms with Gasteiger partial charge < -0.3 is 14.8 Å². The zero-order valence-electron chi connectivity index (χ0n) is 12.1. The molecule has 0 radical (unpaired) electrons. The first kappa shape index (κ1) is 15.6. The molecule has 0 saturated heterocycles. The molecule has 112 valence electrons. The third-order valence-electron chi connectivity index (χ3n) is 3.31. The first-order chi connectivity index (χ1) is 10.1. The van der Waals surface area contributed by atoms with Crippen LogP contribution in [0.2, 0.25) is 5.02 Å². The molecule has 2 aromatic carbocycles. The molecule has 0 aromatic heterocycles. The lowest BCUT2D eigenvalue weighted by molar-refractivity contribution is 0.388. The number of nitrogens with one attached hydrogen (secondary N) is 1. The molecule has 0 aliphatic heterocycles.